The predicted molar refractivity (Wildman–Crippen MR) is 125 cm³/mol. The van der Waals surface area contributed by atoms with Crippen LogP contribution in [0.2, 0.25) is 0 Å². The molecule has 1 saturated heterocycles. The van der Waals surface area contributed by atoms with E-state index in [2.05, 4.69) is 30.6 Å². The minimum Gasteiger partial charge on any atom is -0.355 e. The number of carbonyl (C=O) groups excluding carboxylic acids is 1. The van der Waals surface area contributed by atoms with Crippen LogP contribution in [0, 0.1) is 5.82 Å². The first-order chi connectivity index (χ1) is 16.2. The molecule has 166 valence electrons. The number of halogens is 1. The van der Waals surface area contributed by atoms with Crippen molar-refractivity contribution in [2.24, 2.45) is 0 Å². The normalized spacial score (nSPS) is 13.7. The lowest BCUT2D eigenvalue weighted by Crippen LogP contribution is -2.30. The summed E-state index contributed by atoms with van der Waals surface area (Å²) in [5, 5.41) is 18.5. The summed E-state index contributed by atoms with van der Waals surface area (Å²) in [5.41, 5.74) is 3.97. The number of rotatable bonds is 5. The van der Waals surface area contributed by atoms with E-state index in [9.17, 15) is 9.18 Å². The molecule has 1 amide bonds. The van der Waals surface area contributed by atoms with Gasteiger partial charge in [-0.1, -0.05) is 12.1 Å². The van der Waals surface area contributed by atoms with Crippen molar-refractivity contribution in [1.29, 1.82) is 0 Å². The van der Waals surface area contributed by atoms with Crippen molar-refractivity contribution in [1.82, 2.24) is 20.4 Å². The standard InChI is InChI=1S/C25H23FN6O/c26-19-8-4-18(5-9-19)22-16-23(30-29-22)25(33)27-20-10-6-17(7-11-20)21-12-13-24(31-28-21)32-14-2-1-3-15-32/h4-13,16H,1-3,14-15H2,(H,27,33)(H,29,30). The zero-order chi connectivity index (χ0) is 22.6. The molecule has 1 fully saturated rings. The van der Waals surface area contributed by atoms with Crippen LogP contribution in [-0.4, -0.2) is 39.4 Å². The Morgan fingerprint density at radius 2 is 1.55 bits per heavy atom. The third kappa shape index (κ3) is 4.74. The maximum Gasteiger partial charge on any atom is 0.273 e. The summed E-state index contributed by atoms with van der Waals surface area (Å²) in [4.78, 5) is 14.9. The summed E-state index contributed by atoms with van der Waals surface area (Å²) in [5.74, 6) is 0.288. The van der Waals surface area contributed by atoms with Crippen LogP contribution in [-0.2, 0) is 0 Å². The number of piperidine rings is 1. The molecular formula is C25H23FN6O. The van der Waals surface area contributed by atoms with Gasteiger partial charge in [-0.25, -0.2) is 4.39 Å². The number of carbonyl (C=O) groups is 1. The van der Waals surface area contributed by atoms with Gasteiger partial charge in [0, 0.05) is 29.9 Å². The maximum absolute atomic E-state index is 13.1. The van der Waals surface area contributed by atoms with E-state index in [-0.39, 0.29) is 11.7 Å². The third-order valence-electron chi connectivity index (χ3n) is 5.73. The Kier molecular flexibility index (Phi) is 5.80. The first kappa shape index (κ1) is 20.8. The molecule has 7 nitrogen and oxygen atoms in total. The van der Waals surface area contributed by atoms with Gasteiger partial charge in [0.1, 0.15) is 11.5 Å². The number of H-pyrrole nitrogens is 1. The molecule has 1 aliphatic rings. The van der Waals surface area contributed by atoms with Gasteiger partial charge in [0.25, 0.3) is 5.91 Å². The Morgan fingerprint density at radius 3 is 2.24 bits per heavy atom. The van der Waals surface area contributed by atoms with Gasteiger partial charge in [0.05, 0.1) is 11.4 Å². The van der Waals surface area contributed by atoms with Gasteiger partial charge in [-0.15, -0.1) is 10.2 Å². The smallest absolute Gasteiger partial charge is 0.273 e. The van der Waals surface area contributed by atoms with Gasteiger partial charge in [-0.05, 0) is 73.9 Å². The number of nitrogens with zero attached hydrogens (tertiary/aromatic N) is 4. The summed E-state index contributed by atoms with van der Waals surface area (Å²) in [7, 11) is 0. The minimum atomic E-state index is -0.320. The molecular weight excluding hydrogens is 419 g/mol. The van der Waals surface area contributed by atoms with Crippen molar-refractivity contribution in [3.05, 3.63) is 78.2 Å². The van der Waals surface area contributed by atoms with Gasteiger partial charge in [-0.3, -0.25) is 9.89 Å². The molecule has 2 aromatic heterocycles. The molecule has 2 N–H and O–H groups in total. The predicted octanol–water partition coefficient (Wildman–Crippen LogP) is 4.92. The van der Waals surface area contributed by atoms with Crippen molar-refractivity contribution in [2.45, 2.75) is 19.3 Å². The van der Waals surface area contributed by atoms with Crippen LogP contribution >= 0.6 is 0 Å². The fourth-order valence-corrected chi connectivity index (χ4v) is 3.90. The summed E-state index contributed by atoms with van der Waals surface area (Å²) >= 11 is 0. The molecule has 3 heterocycles. The zero-order valence-corrected chi connectivity index (χ0v) is 18.0. The topological polar surface area (TPSA) is 86.8 Å². The molecule has 0 spiro atoms. The van der Waals surface area contributed by atoms with E-state index in [4.69, 9.17) is 0 Å². The third-order valence-corrected chi connectivity index (χ3v) is 5.73. The molecule has 4 aromatic rings. The molecule has 0 unspecified atom stereocenters. The van der Waals surface area contributed by atoms with Crippen LogP contribution in [0.1, 0.15) is 29.8 Å². The van der Waals surface area contributed by atoms with Crippen LogP contribution in [0.5, 0.6) is 0 Å². The van der Waals surface area contributed by atoms with Crippen LogP contribution in [0.4, 0.5) is 15.9 Å². The van der Waals surface area contributed by atoms with E-state index in [0.717, 1.165) is 35.7 Å². The van der Waals surface area contributed by atoms with Gasteiger partial charge in [0.2, 0.25) is 0 Å². The summed E-state index contributed by atoms with van der Waals surface area (Å²) < 4.78 is 13.1. The minimum absolute atomic E-state index is 0.311. The van der Waals surface area contributed by atoms with Gasteiger partial charge >= 0.3 is 0 Å². The second kappa shape index (κ2) is 9.20. The number of hydrogen-bond acceptors (Lipinski definition) is 5. The van der Waals surface area contributed by atoms with Crippen LogP contribution in [0.25, 0.3) is 22.5 Å². The molecule has 0 saturated carbocycles. The highest BCUT2D eigenvalue weighted by Gasteiger charge is 2.14. The summed E-state index contributed by atoms with van der Waals surface area (Å²) in [6, 6.07) is 19.0. The lowest BCUT2D eigenvalue weighted by Gasteiger charge is -2.27. The lowest BCUT2D eigenvalue weighted by atomic mass is 10.1. The molecule has 8 heteroatoms. The summed E-state index contributed by atoms with van der Waals surface area (Å²) in [6.07, 6.45) is 3.67. The number of anilines is 2. The SMILES string of the molecule is O=C(Nc1ccc(-c2ccc(N3CCCCC3)nn2)cc1)c1cc(-c2ccc(F)cc2)n[nH]1. The number of benzene rings is 2. The average molecular weight is 442 g/mol. The number of aromatic amines is 1. The number of amides is 1. The molecule has 33 heavy (non-hydrogen) atoms. The molecule has 0 bridgehead atoms. The van der Waals surface area contributed by atoms with Crippen molar-refractivity contribution in [2.75, 3.05) is 23.3 Å². The highest BCUT2D eigenvalue weighted by atomic mass is 19.1. The number of aromatic nitrogens is 4. The molecule has 5 rings (SSSR count). The first-order valence-corrected chi connectivity index (χ1v) is 11.0. The molecule has 0 aliphatic carbocycles. The molecule has 2 aromatic carbocycles. The van der Waals surface area contributed by atoms with Gasteiger partial charge < -0.3 is 10.2 Å². The molecule has 1 aliphatic heterocycles. The quantitative estimate of drug-likeness (QED) is 0.458. The highest BCUT2D eigenvalue weighted by molar-refractivity contribution is 6.03. The van der Waals surface area contributed by atoms with E-state index in [0.29, 0.717) is 17.1 Å². The van der Waals surface area contributed by atoms with Crippen LogP contribution < -0.4 is 10.2 Å². The maximum atomic E-state index is 13.1. The fourth-order valence-electron chi connectivity index (χ4n) is 3.90. The number of hydrogen-bond donors (Lipinski definition) is 2. The second-order valence-corrected chi connectivity index (χ2v) is 8.03. The Hall–Kier alpha value is -4.07. The Bertz CT molecular complexity index is 1230. The monoisotopic (exact) mass is 442 g/mol. The van der Waals surface area contributed by atoms with E-state index in [1.54, 1.807) is 18.2 Å². The van der Waals surface area contributed by atoms with Crippen molar-refractivity contribution >= 4 is 17.4 Å². The molecule has 0 atom stereocenters. The first-order valence-electron chi connectivity index (χ1n) is 11.0. The van der Waals surface area contributed by atoms with E-state index >= 15 is 0 Å². The Morgan fingerprint density at radius 1 is 0.848 bits per heavy atom. The van der Waals surface area contributed by atoms with E-state index in [1.165, 1.54) is 31.4 Å². The van der Waals surface area contributed by atoms with Crippen molar-refractivity contribution in [3.63, 3.8) is 0 Å². The Labute approximate surface area is 190 Å². The largest absolute Gasteiger partial charge is 0.355 e. The van der Waals surface area contributed by atoms with Crippen molar-refractivity contribution in [3.8, 4) is 22.5 Å². The van der Waals surface area contributed by atoms with Gasteiger partial charge in [-0.2, -0.15) is 5.10 Å². The van der Waals surface area contributed by atoms with Crippen molar-refractivity contribution < 1.29 is 9.18 Å². The van der Waals surface area contributed by atoms with E-state index in [1.807, 2.05) is 36.4 Å². The van der Waals surface area contributed by atoms with Crippen LogP contribution in [0.3, 0.4) is 0 Å². The molecule has 0 radical (unpaired) electrons. The fraction of sp³-hybridized carbons (Fsp3) is 0.200. The van der Waals surface area contributed by atoms with E-state index < -0.39 is 0 Å². The Balaban J connectivity index is 1.23. The second-order valence-electron chi connectivity index (χ2n) is 8.03. The zero-order valence-electron chi connectivity index (χ0n) is 18.0. The van der Waals surface area contributed by atoms with Gasteiger partial charge in [0.15, 0.2) is 5.82 Å². The van der Waals surface area contributed by atoms with Crippen LogP contribution in [0.15, 0.2) is 66.7 Å². The average Bonchev–Trinajstić information content (AvgIpc) is 3.36. The lowest BCUT2D eigenvalue weighted by molar-refractivity contribution is 0.102. The number of nitrogens with one attached hydrogen (secondary N) is 2. The highest BCUT2D eigenvalue weighted by Crippen LogP contribution is 2.23. The summed E-state index contributed by atoms with van der Waals surface area (Å²) in [6.45, 7) is 2.06.